The van der Waals surface area contributed by atoms with Gasteiger partial charge in [0.05, 0.1) is 0 Å². The maximum atomic E-state index is 13.1. The van der Waals surface area contributed by atoms with Gasteiger partial charge in [-0.25, -0.2) is 0 Å². The second-order valence-corrected chi connectivity index (χ2v) is 6.79. The van der Waals surface area contributed by atoms with E-state index in [0.29, 0.717) is 12.0 Å². The smallest absolute Gasteiger partial charge is 0.191 e. The van der Waals surface area contributed by atoms with Gasteiger partial charge >= 0.3 is 0 Å². The summed E-state index contributed by atoms with van der Waals surface area (Å²) in [6, 6.07) is 9.38. The van der Waals surface area contributed by atoms with Crippen LogP contribution in [0.5, 0.6) is 0 Å². The van der Waals surface area contributed by atoms with Gasteiger partial charge in [-0.3, -0.25) is 9.59 Å². The van der Waals surface area contributed by atoms with Gasteiger partial charge in [-0.1, -0.05) is 56.5 Å². The van der Waals surface area contributed by atoms with E-state index in [4.69, 9.17) is 0 Å². The van der Waals surface area contributed by atoms with E-state index in [1.807, 2.05) is 44.3 Å². The van der Waals surface area contributed by atoms with Crippen LogP contribution in [0, 0.1) is 0 Å². The quantitative estimate of drug-likeness (QED) is 0.477. The van der Waals surface area contributed by atoms with Crippen LogP contribution in [-0.4, -0.2) is 23.5 Å². The molecule has 2 rings (SSSR count). The molecule has 0 saturated carbocycles. The summed E-state index contributed by atoms with van der Waals surface area (Å²) in [6.45, 7) is 5.76. The Balaban J connectivity index is 2.36. The van der Waals surface area contributed by atoms with Crippen molar-refractivity contribution in [2.45, 2.75) is 59.3 Å². The molecule has 1 aromatic rings. The Labute approximate surface area is 151 Å². The second-order valence-electron chi connectivity index (χ2n) is 6.79. The van der Waals surface area contributed by atoms with Gasteiger partial charge in [0, 0.05) is 41.6 Å². The highest BCUT2D eigenvalue weighted by atomic mass is 16.1. The third-order valence-electron chi connectivity index (χ3n) is 5.05. The minimum atomic E-state index is 0.0455. The lowest BCUT2D eigenvalue weighted by molar-refractivity contribution is -0.113. The van der Waals surface area contributed by atoms with Crippen molar-refractivity contribution in [3.8, 4) is 0 Å². The zero-order chi connectivity index (χ0) is 18.4. The van der Waals surface area contributed by atoms with E-state index in [0.717, 1.165) is 35.4 Å². The first kappa shape index (κ1) is 19.2. The van der Waals surface area contributed by atoms with Crippen molar-refractivity contribution >= 4 is 11.6 Å². The number of nitrogens with zero attached hydrogens (tertiary/aromatic N) is 1. The standard InChI is InChI=1S/C22H29NO2/c1-5-6-7-11-14-21-20(22(25)18-12-9-8-10-13-18)15-19(17(3)24)16(2)23(21)4/h8-10,12-13H,5-7,11,14-15H2,1-4H3. The SMILES string of the molecule is CCCCCCC1=C(C(=O)c2ccccc2)CC(C(C)=O)=C(C)N1C. The fourth-order valence-electron chi connectivity index (χ4n) is 3.41. The number of carbonyl (C=O) groups excluding carboxylic acids is 2. The lowest BCUT2D eigenvalue weighted by Gasteiger charge is -2.33. The molecule has 134 valence electrons. The second kappa shape index (κ2) is 8.80. The molecular weight excluding hydrogens is 310 g/mol. The predicted octanol–water partition coefficient (Wildman–Crippen LogP) is 5.29. The molecule has 1 aliphatic heterocycles. The number of hydrogen-bond acceptors (Lipinski definition) is 3. The average Bonchev–Trinajstić information content (AvgIpc) is 2.62. The van der Waals surface area contributed by atoms with Crippen LogP contribution in [0.25, 0.3) is 0 Å². The number of rotatable bonds is 8. The van der Waals surface area contributed by atoms with Crippen LogP contribution in [0.3, 0.4) is 0 Å². The number of carbonyl (C=O) groups is 2. The number of hydrogen-bond donors (Lipinski definition) is 0. The Bertz CT molecular complexity index is 698. The van der Waals surface area contributed by atoms with Gasteiger partial charge in [0.15, 0.2) is 11.6 Å². The van der Waals surface area contributed by atoms with Crippen molar-refractivity contribution in [2.75, 3.05) is 7.05 Å². The molecule has 0 saturated heterocycles. The summed E-state index contributed by atoms with van der Waals surface area (Å²) in [5.74, 6) is 0.0944. The average molecular weight is 339 g/mol. The van der Waals surface area contributed by atoms with Crippen molar-refractivity contribution < 1.29 is 9.59 Å². The Hall–Kier alpha value is -2.16. The largest absolute Gasteiger partial charge is 0.351 e. The summed E-state index contributed by atoms with van der Waals surface area (Å²) in [6.07, 6.45) is 5.98. The van der Waals surface area contributed by atoms with Crippen molar-refractivity contribution in [1.82, 2.24) is 4.90 Å². The molecule has 1 heterocycles. The molecule has 0 atom stereocenters. The molecule has 0 unspecified atom stereocenters. The van der Waals surface area contributed by atoms with Gasteiger partial charge in [-0.15, -0.1) is 0 Å². The summed E-state index contributed by atoms with van der Waals surface area (Å²) in [7, 11) is 1.98. The zero-order valence-corrected chi connectivity index (χ0v) is 15.9. The molecule has 0 radical (unpaired) electrons. The van der Waals surface area contributed by atoms with E-state index in [1.165, 1.54) is 19.3 Å². The van der Waals surface area contributed by atoms with E-state index < -0.39 is 0 Å². The number of allylic oxidation sites excluding steroid dienone is 4. The first-order valence-electron chi connectivity index (χ1n) is 9.23. The molecular formula is C22H29NO2. The third-order valence-corrected chi connectivity index (χ3v) is 5.05. The predicted molar refractivity (Wildman–Crippen MR) is 102 cm³/mol. The van der Waals surface area contributed by atoms with Gasteiger partial charge < -0.3 is 4.90 Å². The molecule has 1 aliphatic rings. The van der Waals surface area contributed by atoms with Crippen LogP contribution in [0.4, 0.5) is 0 Å². The van der Waals surface area contributed by atoms with Gasteiger partial charge in [-0.2, -0.15) is 0 Å². The lowest BCUT2D eigenvalue weighted by atomic mass is 9.88. The Morgan fingerprint density at radius 2 is 1.72 bits per heavy atom. The van der Waals surface area contributed by atoms with Crippen molar-refractivity contribution in [1.29, 1.82) is 0 Å². The molecule has 3 nitrogen and oxygen atoms in total. The lowest BCUT2D eigenvalue weighted by Crippen LogP contribution is -2.28. The van der Waals surface area contributed by atoms with E-state index in [-0.39, 0.29) is 11.6 Å². The normalized spacial score (nSPS) is 15.0. The molecule has 0 fully saturated rings. The third kappa shape index (κ3) is 4.47. The number of Topliss-reactive ketones (excluding diaryl/α,β-unsaturated/α-hetero) is 2. The summed E-state index contributed by atoms with van der Waals surface area (Å²) >= 11 is 0. The van der Waals surface area contributed by atoms with Crippen LogP contribution in [0.1, 0.15) is 69.7 Å². The minimum Gasteiger partial charge on any atom is -0.351 e. The number of ketones is 2. The molecule has 0 aliphatic carbocycles. The molecule has 25 heavy (non-hydrogen) atoms. The summed E-state index contributed by atoms with van der Waals surface area (Å²) < 4.78 is 0. The van der Waals surface area contributed by atoms with Crippen molar-refractivity contribution in [2.24, 2.45) is 0 Å². The molecule has 0 bridgehead atoms. The van der Waals surface area contributed by atoms with Gasteiger partial charge in [0.1, 0.15) is 0 Å². The molecule has 3 heteroatoms. The van der Waals surface area contributed by atoms with Crippen LogP contribution in [0.2, 0.25) is 0 Å². The van der Waals surface area contributed by atoms with Crippen LogP contribution >= 0.6 is 0 Å². The molecule has 1 aromatic carbocycles. The van der Waals surface area contributed by atoms with Crippen LogP contribution < -0.4 is 0 Å². The van der Waals surface area contributed by atoms with Gasteiger partial charge in [0.2, 0.25) is 0 Å². The summed E-state index contributed by atoms with van der Waals surface area (Å²) in [5, 5.41) is 0. The number of unbranched alkanes of at least 4 members (excludes halogenated alkanes) is 3. The van der Waals surface area contributed by atoms with Gasteiger partial charge in [0.25, 0.3) is 0 Å². The van der Waals surface area contributed by atoms with E-state index in [1.54, 1.807) is 6.92 Å². The molecule has 0 aromatic heterocycles. The summed E-state index contributed by atoms with van der Waals surface area (Å²) in [4.78, 5) is 27.2. The maximum Gasteiger partial charge on any atom is 0.191 e. The topological polar surface area (TPSA) is 37.4 Å². The van der Waals surface area contributed by atoms with Crippen molar-refractivity contribution in [3.05, 3.63) is 58.4 Å². The highest BCUT2D eigenvalue weighted by molar-refractivity contribution is 6.11. The highest BCUT2D eigenvalue weighted by Crippen LogP contribution is 2.34. The zero-order valence-electron chi connectivity index (χ0n) is 15.9. The van der Waals surface area contributed by atoms with E-state index >= 15 is 0 Å². The maximum absolute atomic E-state index is 13.1. The fraction of sp³-hybridized carbons (Fsp3) is 0.455. The monoisotopic (exact) mass is 339 g/mol. The number of benzene rings is 1. The molecule has 0 amide bonds. The Morgan fingerprint density at radius 1 is 1.04 bits per heavy atom. The molecule has 0 N–H and O–H groups in total. The summed E-state index contributed by atoms with van der Waals surface area (Å²) in [5.41, 5.74) is 4.27. The van der Waals surface area contributed by atoms with E-state index in [2.05, 4.69) is 11.8 Å². The Kier molecular flexibility index (Phi) is 6.74. The van der Waals surface area contributed by atoms with Crippen LogP contribution in [0.15, 0.2) is 52.9 Å². The fourth-order valence-corrected chi connectivity index (χ4v) is 3.41. The highest BCUT2D eigenvalue weighted by Gasteiger charge is 2.28. The van der Waals surface area contributed by atoms with Crippen molar-refractivity contribution in [3.63, 3.8) is 0 Å². The van der Waals surface area contributed by atoms with E-state index in [9.17, 15) is 9.59 Å². The van der Waals surface area contributed by atoms with Gasteiger partial charge in [-0.05, 0) is 26.7 Å². The minimum absolute atomic E-state index is 0.0455. The first-order valence-corrected chi connectivity index (χ1v) is 9.23. The first-order chi connectivity index (χ1) is 12.0. The Morgan fingerprint density at radius 3 is 2.32 bits per heavy atom. The van der Waals surface area contributed by atoms with Crippen LogP contribution in [-0.2, 0) is 4.79 Å². The molecule has 0 spiro atoms.